The Morgan fingerprint density at radius 1 is 0.773 bits per heavy atom. The van der Waals surface area contributed by atoms with Gasteiger partial charge in [0.1, 0.15) is 6.10 Å². The van der Waals surface area contributed by atoms with Gasteiger partial charge < -0.3 is 10.8 Å². The summed E-state index contributed by atoms with van der Waals surface area (Å²) in [6.45, 7) is 2.26. The van der Waals surface area contributed by atoms with Gasteiger partial charge in [0.25, 0.3) is 0 Å². The van der Waals surface area contributed by atoms with Crippen LogP contribution >= 0.6 is 0 Å². The molecular formula is C18H38NNaO2. The Hall–Kier alpha value is 0.430. The van der Waals surface area contributed by atoms with E-state index in [4.69, 9.17) is 5.73 Å². The molecule has 3 N–H and O–H groups in total. The molecule has 0 aliphatic carbocycles. The van der Waals surface area contributed by atoms with E-state index in [-0.39, 0.29) is 29.6 Å². The van der Waals surface area contributed by atoms with E-state index in [0.29, 0.717) is 6.42 Å². The van der Waals surface area contributed by atoms with Gasteiger partial charge in [-0.15, -0.1) is 0 Å². The molecule has 4 heteroatoms. The molecule has 22 heavy (non-hydrogen) atoms. The third kappa shape index (κ3) is 18.5. The molecule has 0 saturated heterocycles. The standard InChI is InChI=1S/C18H37NO2.Na.H/c1-2-3-4-5-6-7-8-9-10-11-12-13-14-15-16-17(20)18(19)21;;/h17,20H,2-16H2,1H3,(H2,19,21);;. The van der Waals surface area contributed by atoms with E-state index in [1.54, 1.807) is 0 Å². The first-order chi connectivity index (χ1) is 10.2. The van der Waals surface area contributed by atoms with Crippen molar-refractivity contribution >= 4 is 35.5 Å². The van der Waals surface area contributed by atoms with Crippen molar-refractivity contribution in [1.29, 1.82) is 0 Å². The van der Waals surface area contributed by atoms with E-state index in [1.807, 2.05) is 0 Å². The maximum absolute atomic E-state index is 10.6. The average Bonchev–Trinajstić information content (AvgIpc) is 2.47. The van der Waals surface area contributed by atoms with E-state index in [2.05, 4.69) is 6.92 Å². The third-order valence-electron chi connectivity index (χ3n) is 4.16. The summed E-state index contributed by atoms with van der Waals surface area (Å²) in [6, 6.07) is 0. The molecular weight excluding hydrogens is 285 g/mol. The van der Waals surface area contributed by atoms with Crippen molar-refractivity contribution in [2.45, 2.75) is 109 Å². The number of carbonyl (C=O) groups is 1. The van der Waals surface area contributed by atoms with E-state index in [9.17, 15) is 9.90 Å². The summed E-state index contributed by atoms with van der Waals surface area (Å²) in [6.07, 6.45) is 17.9. The van der Waals surface area contributed by atoms with Crippen molar-refractivity contribution in [3.8, 4) is 0 Å². The predicted molar refractivity (Wildman–Crippen MR) is 97.3 cm³/mol. The van der Waals surface area contributed by atoms with Gasteiger partial charge in [-0.1, -0.05) is 96.8 Å². The minimum absolute atomic E-state index is 0. The molecule has 1 unspecified atom stereocenters. The van der Waals surface area contributed by atoms with E-state index in [0.717, 1.165) is 12.8 Å². The maximum atomic E-state index is 10.6. The van der Waals surface area contributed by atoms with Gasteiger partial charge in [0.15, 0.2) is 0 Å². The number of carbonyl (C=O) groups excluding carboxylic acids is 1. The van der Waals surface area contributed by atoms with Crippen molar-refractivity contribution < 1.29 is 9.90 Å². The number of hydrogen-bond acceptors (Lipinski definition) is 2. The average molecular weight is 323 g/mol. The Kier molecular flexibility index (Phi) is 21.8. The fourth-order valence-electron chi connectivity index (χ4n) is 2.67. The van der Waals surface area contributed by atoms with E-state index in [1.165, 1.54) is 77.0 Å². The summed E-state index contributed by atoms with van der Waals surface area (Å²) in [7, 11) is 0. The van der Waals surface area contributed by atoms with Crippen molar-refractivity contribution in [2.75, 3.05) is 0 Å². The molecule has 0 aromatic heterocycles. The molecule has 128 valence electrons. The second-order valence-corrected chi connectivity index (χ2v) is 6.30. The first-order valence-electron chi connectivity index (χ1n) is 9.16. The van der Waals surface area contributed by atoms with E-state index < -0.39 is 12.0 Å². The molecule has 0 heterocycles. The van der Waals surface area contributed by atoms with E-state index >= 15 is 0 Å². The van der Waals surface area contributed by atoms with Crippen LogP contribution in [-0.2, 0) is 4.79 Å². The van der Waals surface area contributed by atoms with Gasteiger partial charge in [-0.3, -0.25) is 4.79 Å². The van der Waals surface area contributed by atoms with Crippen LogP contribution in [0, 0.1) is 0 Å². The van der Waals surface area contributed by atoms with Gasteiger partial charge in [0.05, 0.1) is 0 Å². The summed E-state index contributed by atoms with van der Waals surface area (Å²) in [5.74, 6) is -0.593. The van der Waals surface area contributed by atoms with Crippen LogP contribution in [0.2, 0.25) is 0 Å². The van der Waals surface area contributed by atoms with Gasteiger partial charge in [-0.05, 0) is 6.42 Å². The molecule has 0 aliphatic rings. The van der Waals surface area contributed by atoms with Gasteiger partial charge in [0.2, 0.25) is 5.91 Å². The normalized spacial score (nSPS) is 11.9. The quantitative estimate of drug-likeness (QED) is 0.332. The summed E-state index contributed by atoms with van der Waals surface area (Å²) >= 11 is 0. The molecule has 0 aliphatic heterocycles. The Morgan fingerprint density at radius 2 is 1.09 bits per heavy atom. The van der Waals surface area contributed by atoms with Crippen molar-refractivity contribution in [2.24, 2.45) is 5.73 Å². The predicted octanol–water partition coefficient (Wildman–Crippen LogP) is 4.06. The molecule has 3 nitrogen and oxygen atoms in total. The number of aliphatic hydroxyl groups excluding tert-OH is 1. The van der Waals surface area contributed by atoms with Gasteiger partial charge in [-0.25, -0.2) is 0 Å². The topological polar surface area (TPSA) is 63.3 Å². The van der Waals surface area contributed by atoms with Crippen LogP contribution in [0.5, 0.6) is 0 Å². The molecule has 0 bridgehead atoms. The van der Waals surface area contributed by atoms with Gasteiger partial charge >= 0.3 is 29.6 Å². The number of hydrogen-bond donors (Lipinski definition) is 2. The molecule has 0 radical (unpaired) electrons. The zero-order valence-electron chi connectivity index (χ0n) is 14.1. The summed E-state index contributed by atoms with van der Waals surface area (Å²) < 4.78 is 0. The van der Waals surface area contributed by atoms with Crippen LogP contribution in [-0.4, -0.2) is 46.7 Å². The van der Waals surface area contributed by atoms with Gasteiger partial charge in [-0.2, -0.15) is 0 Å². The van der Waals surface area contributed by atoms with Crippen molar-refractivity contribution in [1.82, 2.24) is 0 Å². The molecule has 1 atom stereocenters. The van der Waals surface area contributed by atoms with Crippen LogP contribution in [0.3, 0.4) is 0 Å². The van der Waals surface area contributed by atoms with Crippen LogP contribution in [0.1, 0.15) is 103 Å². The minimum atomic E-state index is -0.942. The molecule has 1 amide bonds. The summed E-state index contributed by atoms with van der Waals surface area (Å²) in [4.78, 5) is 10.6. The summed E-state index contributed by atoms with van der Waals surface area (Å²) in [5, 5.41) is 9.24. The SMILES string of the molecule is CCCCCCCCCCCCCCCCC(O)C(N)=O.[NaH]. The Bertz CT molecular complexity index is 237. The molecule has 0 fully saturated rings. The van der Waals surface area contributed by atoms with Crippen LogP contribution in [0.15, 0.2) is 0 Å². The van der Waals surface area contributed by atoms with Crippen LogP contribution in [0.25, 0.3) is 0 Å². The van der Waals surface area contributed by atoms with Crippen molar-refractivity contribution in [3.05, 3.63) is 0 Å². The number of nitrogens with two attached hydrogens (primary N) is 1. The molecule has 0 saturated carbocycles. The monoisotopic (exact) mass is 323 g/mol. The first kappa shape index (κ1) is 24.7. The number of primary amides is 1. The molecule has 0 aromatic carbocycles. The van der Waals surface area contributed by atoms with Gasteiger partial charge in [0, 0.05) is 0 Å². The molecule has 0 aromatic rings. The zero-order chi connectivity index (χ0) is 15.8. The number of unbranched alkanes of at least 4 members (excludes halogenated alkanes) is 13. The summed E-state index contributed by atoms with van der Waals surface area (Å²) in [5.41, 5.74) is 5.00. The van der Waals surface area contributed by atoms with Crippen molar-refractivity contribution in [3.63, 3.8) is 0 Å². The fourth-order valence-corrected chi connectivity index (χ4v) is 2.67. The number of rotatable bonds is 16. The second kappa shape index (κ2) is 19.5. The number of aliphatic hydroxyl groups is 1. The van der Waals surface area contributed by atoms with Crippen LogP contribution in [0.4, 0.5) is 0 Å². The fraction of sp³-hybridized carbons (Fsp3) is 0.944. The number of amides is 1. The van der Waals surface area contributed by atoms with Crippen LogP contribution < -0.4 is 5.73 Å². The Labute approximate surface area is 160 Å². The Morgan fingerprint density at radius 3 is 1.41 bits per heavy atom. The molecule has 0 spiro atoms. The Balaban J connectivity index is 0. The third-order valence-corrected chi connectivity index (χ3v) is 4.16. The first-order valence-corrected chi connectivity index (χ1v) is 9.16. The molecule has 0 rings (SSSR count). The second-order valence-electron chi connectivity index (χ2n) is 6.30. The zero-order valence-corrected chi connectivity index (χ0v) is 14.1.